The highest BCUT2D eigenvalue weighted by molar-refractivity contribution is 5.97. The van der Waals surface area contributed by atoms with Crippen LogP contribution in [0.4, 0.5) is 0 Å². The maximum absolute atomic E-state index is 11.8. The lowest BCUT2D eigenvalue weighted by Crippen LogP contribution is -2.32. The molecule has 0 amide bonds. The summed E-state index contributed by atoms with van der Waals surface area (Å²) in [6, 6.07) is 14.8. The van der Waals surface area contributed by atoms with Crippen LogP contribution in [0.1, 0.15) is 45.5 Å². The number of fused-ring (bicyclic) bond motifs is 1. The SMILES string of the molecule is Cc1ccc(CN2CCC3(CCc4ccc(C(=O)CO)cc4C3)C2)cc1. The molecule has 1 heterocycles. The molecule has 1 aliphatic heterocycles. The summed E-state index contributed by atoms with van der Waals surface area (Å²) in [6.07, 6.45) is 4.62. The molecule has 1 fully saturated rings. The number of hydrogen-bond donors (Lipinski definition) is 1. The minimum Gasteiger partial charge on any atom is -0.388 e. The van der Waals surface area contributed by atoms with Gasteiger partial charge in [0, 0.05) is 18.7 Å². The van der Waals surface area contributed by atoms with Crippen LogP contribution in [0.3, 0.4) is 0 Å². The molecule has 2 aromatic rings. The second-order valence-corrected chi connectivity index (χ2v) is 8.19. The zero-order valence-corrected chi connectivity index (χ0v) is 15.5. The summed E-state index contributed by atoms with van der Waals surface area (Å²) in [6.45, 7) is 5.03. The number of ketones is 1. The zero-order valence-electron chi connectivity index (χ0n) is 15.5. The van der Waals surface area contributed by atoms with E-state index in [0.717, 1.165) is 32.5 Å². The number of carbonyl (C=O) groups excluding carboxylic acids is 1. The Morgan fingerprint density at radius 2 is 1.92 bits per heavy atom. The van der Waals surface area contributed by atoms with Crippen LogP contribution in [-0.4, -0.2) is 35.5 Å². The first kappa shape index (κ1) is 17.4. The van der Waals surface area contributed by atoms with Gasteiger partial charge in [0.15, 0.2) is 5.78 Å². The molecule has 0 aromatic heterocycles. The molecular formula is C23H27NO2. The molecule has 1 N–H and O–H groups in total. The van der Waals surface area contributed by atoms with Gasteiger partial charge in [0.2, 0.25) is 0 Å². The van der Waals surface area contributed by atoms with Crippen molar-refractivity contribution in [1.82, 2.24) is 4.90 Å². The van der Waals surface area contributed by atoms with Crippen molar-refractivity contribution >= 4 is 5.78 Å². The van der Waals surface area contributed by atoms with Gasteiger partial charge in [-0.15, -0.1) is 0 Å². The first-order valence-corrected chi connectivity index (χ1v) is 9.61. The summed E-state index contributed by atoms with van der Waals surface area (Å²) in [5.41, 5.74) is 6.38. The average Bonchev–Trinajstić information content (AvgIpc) is 3.04. The lowest BCUT2D eigenvalue weighted by Gasteiger charge is -2.35. The normalized spacial score (nSPS) is 22.5. The summed E-state index contributed by atoms with van der Waals surface area (Å²) in [5.74, 6) is -0.181. The third kappa shape index (κ3) is 3.46. The molecule has 1 unspecified atom stereocenters. The number of hydrogen-bond acceptors (Lipinski definition) is 3. The Balaban J connectivity index is 1.47. The van der Waals surface area contributed by atoms with Crippen LogP contribution in [0.5, 0.6) is 0 Å². The molecule has 3 nitrogen and oxygen atoms in total. The molecule has 1 aliphatic carbocycles. The highest BCUT2D eigenvalue weighted by Gasteiger charge is 2.40. The van der Waals surface area contributed by atoms with Gasteiger partial charge in [0.25, 0.3) is 0 Å². The average molecular weight is 349 g/mol. The highest BCUT2D eigenvalue weighted by Crippen LogP contribution is 2.43. The van der Waals surface area contributed by atoms with Crippen LogP contribution in [0.25, 0.3) is 0 Å². The molecule has 1 atom stereocenters. The van der Waals surface area contributed by atoms with Gasteiger partial charge in [0.1, 0.15) is 6.61 Å². The van der Waals surface area contributed by atoms with Crippen molar-refractivity contribution in [3.8, 4) is 0 Å². The first-order chi connectivity index (χ1) is 12.6. The van der Waals surface area contributed by atoms with E-state index in [1.807, 2.05) is 12.1 Å². The van der Waals surface area contributed by atoms with E-state index in [1.54, 1.807) is 0 Å². The van der Waals surface area contributed by atoms with Gasteiger partial charge >= 0.3 is 0 Å². The third-order valence-corrected chi connectivity index (χ3v) is 6.21. The Morgan fingerprint density at radius 3 is 2.69 bits per heavy atom. The van der Waals surface area contributed by atoms with Crippen molar-refractivity contribution in [1.29, 1.82) is 0 Å². The Hall–Kier alpha value is -1.97. The van der Waals surface area contributed by atoms with E-state index in [1.165, 1.54) is 35.1 Å². The van der Waals surface area contributed by atoms with Crippen molar-refractivity contribution < 1.29 is 9.90 Å². The molecular weight excluding hydrogens is 322 g/mol. The Bertz CT molecular complexity index is 811. The fourth-order valence-corrected chi connectivity index (χ4v) is 4.65. The van der Waals surface area contributed by atoms with Crippen molar-refractivity contribution in [2.45, 2.75) is 39.2 Å². The third-order valence-electron chi connectivity index (χ3n) is 6.21. The second-order valence-electron chi connectivity index (χ2n) is 8.19. The summed E-state index contributed by atoms with van der Waals surface area (Å²) < 4.78 is 0. The highest BCUT2D eigenvalue weighted by atomic mass is 16.3. The van der Waals surface area contributed by atoms with Crippen molar-refractivity contribution in [2.24, 2.45) is 5.41 Å². The summed E-state index contributed by atoms with van der Waals surface area (Å²) in [7, 11) is 0. The molecule has 1 saturated heterocycles. The molecule has 26 heavy (non-hydrogen) atoms. The number of aliphatic hydroxyl groups is 1. The maximum Gasteiger partial charge on any atom is 0.188 e. The molecule has 136 valence electrons. The number of likely N-dealkylation sites (tertiary alicyclic amines) is 1. The maximum atomic E-state index is 11.8. The number of aliphatic hydroxyl groups excluding tert-OH is 1. The van der Waals surface area contributed by atoms with E-state index in [0.29, 0.717) is 11.0 Å². The van der Waals surface area contributed by atoms with E-state index in [9.17, 15) is 4.79 Å². The molecule has 2 aliphatic rings. The van der Waals surface area contributed by atoms with Crippen molar-refractivity contribution in [3.63, 3.8) is 0 Å². The fraction of sp³-hybridized carbons (Fsp3) is 0.435. The predicted molar refractivity (Wildman–Crippen MR) is 103 cm³/mol. The number of aryl methyl sites for hydroxylation is 2. The summed E-state index contributed by atoms with van der Waals surface area (Å²) >= 11 is 0. The lowest BCUT2D eigenvalue weighted by molar-refractivity contribution is 0.0903. The molecule has 0 saturated carbocycles. The van der Waals surface area contributed by atoms with Crippen LogP contribution < -0.4 is 0 Å². The van der Waals surface area contributed by atoms with E-state index < -0.39 is 6.61 Å². The largest absolute Gasteiger partial charge is 0.388 e. The standard InChI is InChI=1S/C23H27NO2/c1-17-2-4-18(5-3-17)14-24-11-10-23(16-24)9-8-19-6-7-20(22(26)15-25)12-21(19)13-23/h2-7,12,25H,8-11,13-16H2,1H3. The van der Waals surface area contributed by atoms with Gasteiger partial charge in [-0.2, -0.15) is 0 Å². The first-order valence-electron chi connectivity index (χ1n) is 9.61. The van der Waals surface area contributed by atoms with Crippen LogP contribution in [0, 0.1) is 12.3 Å². The molecule has 0 radical (unpaired) electrons. The minimum absolute atomic E-state index is 0.181. The van der Waals surface area contributed by atoms with E-state index in [4.69, 9.17) is 5.11 Å². The topological polar surface area (TPSA) is 40.5 Å². The minimum atomic E-state index is -0.408. The van der Waals surface area contributed by atoms with Crippen molar-refractivity contribution in [3.05, 3.63) is 70.3 Å². The van der Waals surface area contributed by atoms with Crippen LogP contribution in [-0.2, 0) is 19.4 Å². The molecule has 3 heteroatoms. The number of nitrogens with zero attached hydrogens (tertiary/aromatic N) is 1. The van der Waals surface area contributed by atoms with Crippen LogP contribution in [0.15, 0.2) is 42.5 Å². The van der Waals surface area contributed by atoms with Gasteiger partial charge < -0.3 is 5.11 Å². The Morgan fingerprint density at radius 1 is 1.12 bits per heavy atom. The van der Waals surface area contributed by atoms with Crippen molar-refractivity contribution in [2.75, 3.05) is 19.7 Å². The van der Waals surface area contributed by atoms with Gasteiger partial charge in [-0.05, 0) is 67.3 Å². The van der Waals surface area contributed by atoms with E-state index in [-0.39, 0.29) is 5.78 Å². The summed E-state index contributed by atoms with van der Waals surface area (Å²) in [5, 5.41) is 9.13. The van der Waals surface area contributed by atoms with Gasteiger partial charge in [0.05, 0.1) is 0 Å². The Labute approximate surface area is 155 Å². The van der Waals surface area contributed by atoms with Crippen LogP contribution in [0.2, 0.25) is 0 Å². The smallest absolute Gasteiger partial charge is 0.188 e. The van der Waals surface area contributed by atoms with Crippen LogP contribution >= 0.6 is 0 Å². The van der Waals surface area contributed by atoms with Gasteiger partial charge in [-0.25, -0.2) is 0 Å². The number of Topliss-reactive ketones (excluding diaryl/α,β-unsaturated/α-hetero) is 1. The fourth-order valence-electron chi connectivity index (χ4n) is 4.65. The molecule has 4 rings (SSSR count). The van der Waals surface area contributed by atoms with Gasteiger partial charge in [-0.1, -0.05) is 42.0 Å². The molecule has 2 aromatic carbocycles. The predicted octanol–water partition coefficient (Wildman–Crippen LogP) is 3.55. The molecule has 1 spiro atoms. The quantitative estimate of drug-likeness (QED) is 0.858. The number of carbonyl (C=O) groups is 1. The van der Waals surface area contributed by atoms with E-state index in [2.05, 4.69) is 42.2 Å². The number of rotatable bonds is 4. The second kappa shape index (κ2) is 6.98. The number of benzene rings is 2. The summed E-state index contributed by atoms with van der Waals surface area (Å²) in [4.78, 5) is 14.4. The van der Waals surface area contributed by atoms with E-state index >= 15 is 0 Å². The zero-order chi connectivity index (χ0) is 18.1. The molecule has 0 bridgehead atoms. The van der Waals surface area contributed by atoms with Gasteiger partial charge in [-0.3, -0.25) is 9.69 Å². The lowest BCUT2D eigenvalue weighted by atomic mass is 9.70. The monoisotopic (exact) mass is 349 g/mol. The Kier molecular flexibility index (Phi) is 4.68.